The lowest BCUT2D eigenvalue weighted by atomic mass is 9.96. The molecule has 1 fully saturated rings. The fourth-order valence-corrected chi connectivity index (χ4v) is 3.42. The molecule has 2 N–H and O–H groups in total. The Morgan fingerprint density at radius 2 is 1.86 bits per heavy atom. The van der Waals surface area contributed by atoms with Gasteiger partial charge in [0.05, 0.1) is 9.88 Å². The highest BCUT2D eigenvalue weighted by Gasteiger charge is 2.44. The molecule has 1 aromatic carbocycles. The van der Waals surface area contributed by atoms with Crippen LogP contribution >= 0.6 is 11.3 Å². The summed E-state index contributed by atoms with van der Waals surface area (Å²) in [6.45, 7) is 2.11. The zero-order valence-corrected chi connectivity index (χ0v) is 13.2. The summed E-state index contributed by atoms with van der Waals surface area (Å²) >= 11 is 1.29. The van der Waals surface area contributed by atoms with Gasteiger partial charge in [0.15, 0.2) is 0 Å². The first-order valence-electron chi connectivity index (χ1n) is 7.30. The van der Waals surface area contributed by atoms with Crippen LogP contribution in [-0.2, 0) is 10.2 Å². The van der Waals surface area contributed by atoms with Crippen LogP contribution in [0.25, 0.3) is 0 Å². The maximum absolute atomic E-state index is 12.2. The number of amides is 2. The van der Waals surface area contributed by atoms with Crippen LogP contribution in [0.3, 0.4) is 0 Å². The molecule has 0 atom stereocenters. The molecule has 0 spiro atoms. The standard InChI is InChI=1S/C17H18N2O2S/c1-12(20)19-15-8-7-14(22-15)16(21)18-11-17(9-10-17)13-5-3-2-4-6-13/h2-8H,9-11H2,1H3,(H,18,21)(H,19,20). The van der Waals surface area contributed by atoms with E-state index < -0.39 is 0 Å². The van der Waals surface area contributed by atoms with Gasteiger partial charge in [0.2, 0.25) is 5.91 Å². The van der Waals surface area contributed by atoms with E-state index in [0.29, 0.717) is 16.4 Å². The van der Waals surface area contributed by atoms with Gasteiger partial charge in [0.1, 0.15) is 0 Å². The van der Waals surface area contributed by atoms with Crippen molar-refractivity contribution in [2.45, 2.75) is 25.2 Å². The van der Waals surface area contributed by atoms with E-state index in [9.17, 15) is 9.59 Å². The Balaban J connectivity index is 1.61. The van der Waals surface area contributed by atoms with Crippen LogP contribution < -0.4 is 10.6 Å². The first kappa shape index (κ1) is 14.8. The lowest BCUT2D eigenvalue weighted by molar-refractivity contribution is -0.114. The molecule has 22 heavy (non-hydrogen) atoms. The summed E-state index contributed by atoms with van der Waals surface area (Å²) in [4.78, 5) is 23.9. The third-order valence-electron chi connectivity index (χ3n) is 3.96. The van der Waals surface area contributed by atoms with Gasteiger partial charge < -0.3 is 10.6 Å². The van der Waals surface area contributed by atoms with Gasteiger partial charge in [-0.1, -0.05) is 30.3 Å². The minimum Gasteiger partial charge on any atom is -0.350 e. The molecule has 114 valence electrons. The summed E-state index contributed by atoms with van der Waals surface area (Å²) in [7, 11) is 0. The van der Waals surface area contributed by atoms with Crippen molar-refractivity contribution >= 4 is 28.2 Å². The average molecular weight is 314 g/mol. The molecule has 0 saturated heterocycles. The predicted molar refractivity (Wildman–Crippen MR) is 88.3 cm³/mol. The summed E-state index contributed by atoms with van der Waals surface area (Å²) in [5.74, 6) is -0.210. The smallest absolute Gasteiger partial charge is 0.261 e. The lowest BCUT2D eigenvalue weighted by Gasteiger charge is -2.16. The fourth-order valence-electron chi connectivity index (χ4n) is 2.55. The second-order valence-corrected chi connectivity index (χ2v) is 6.76. The van der Waals surface area contributed by atoms with Crippen molar-refractivity contribution in [1.82, 2.24) is 5.32 Å². The SMILES string of the molecule is CC(=O)Nc1ccc(C(=O)NCC2(c3ccccc3)CC2)s1. The maximum Gasteiger partial charge on any atom is 0.261 e. The van der Waals surface area contributed by atoms with Crippen LogP contribution in [-0.4, -0.2) is 18.4 Å². The number of thiophene rings is 1. The Labute approximate surface area is 133 Å². The minimum atomic E-state index is -0.130. The van der Waals surface area contributed by atoms with E-state index in [-0.39, 0.29) is 17.2 Å². The zero-order valence-electron chi connectivity index (χ0n) is 12.4. The van der Waals surface area contributed by atoms with E-state index in [1.807, 2.05) is 18.2 Å². The van der Waals surface area contributed by atoms with Crippen LogP contribution in [0.5, 0.6) is 0 Å². The van der Waals surface area contributed by atoms with Crippen molar-refractivity contribution in [2.24, 2.45) is 0 Å². The van der Waals surface area contributed by atoms with Gasteiger partial charge in [-0.25, -0.2) is 0 Å². The lowest BCUT2D eigenvalue weighted by Crippen LogP contribution is -2.31. The number of nitrogens with one attached hydrogen (secondary N) is 2. The zero-order chi connectivity index (χ0) is 15.6. The van der Waals surface area contributed by atoms with Crippen molar-refractivity contribution < 1.29 is 9.59 Å². The topological polar surface area (TPSA) is 58.2 Å². The monoisotopic (exact) mass is 314 g/mol. The number of carbonyl (C=O) groups excluding carboxylic acids is 2. The Kier molecular flexibility index (Phi) is 3.98. The molecule has 1 aromatic heterocycles. The molecular weight excluding hydrogens is 296 g/mol. The van der Waals surface area contributed by atoms with Crippen molar-refractivity contribution in [3.63, 3.8) is 0 Å². The van der Waals surface area contributed by atoms with Crippen LogP contribution in [0.1, 0.15) is 35.0 Å². The largest absolute Gasteiger partial charge is 0.350 e. The van der Waals surface area contributed by atoms with Gasteiger partial charge in [0, 0.05) is 18.9 Å². The van der Waals surface area contributed by atoms with E-state index in [2.05, 4.69) is 22.8 Å². The van der Waals surface area contributed by atoms with Gasteiger partial charge in [-0.3, -0.25) is 9.59 Å². The van der Waals surface area contributed by atoms with Crippen LogP contribution in [0.2, 0.25) is 0 Å². The van der Waals surface area contributed by atoms with Gasteiger partial charge in [0.25, 0.3) is 5.91 Å². The Morgan fingerprint density at radius 1 is 1.14 bits per heavy atom. The molecule has 1 heterocycles. The molecule has 2 aromatic rings. The number of benzene rings is 1. The molecule has 5 heteroatoms. The molecule has 2 amide bonds. The molecule has 0 aliphatic heterocycles. The molecule has 1 saturated carbocycles. The number of hydrogen-bond donors (Lipinski definition) is 2. The second kappa shape index (κ2) is 5.93. The van der Waals surface area contributed by atoms with Crippen LogP contribution in [0.4, 0.5) is 5.00 Å². The van der Waals surface area contributed by atoms with Crippen molar-refractivity contribution in [3.8, 4) is 0 Å². The molecule has 1 aliphatic rings. The molecule has 3 rings (SSSR count). The third-order valence-corrected chi connectivity index (χ3v) is 4.96. The van der Waals surface area contributed by atoms with Gasteiger partial charge in [-0.15, -0.1) is 11.3 Å². The Morgan fingerprint density at radius 3 is 2.50 bits per heavy atom. The fraction of sp³-hybridized carbons (Fsp3) is 0.294. The third kappa shape index (κ3) is 3.20. The molecule has 0 bridgehead atoms. The molecule has 4 nitrogen and oxygen atoms in total. The Hall–Kier alpha value is -2.14. The number of hydrogen-bond acceptors (Lipinski definition) is 3. The van der Waals surface area contributed by atoms with Crippen LogP contribution in [0.15, 0.2) is 42.5 Å². The average Bonchev–Trinajstić information content (AvgIpc) is 3.17. The first-order valence-corrected chi connectivity index (χ1v) is 8.12. The summed E-state index contributed by atoms with van der Waals surface area (Å²) in [6, 6.07) is 13.8. The van der Waals surface area contributed by atoms with Crippen LogP contribution in [0, 0.1) is 0 Å². The molecule has 0 unspecified atom stereocenters. The maximum atomic E-state index is 12.2. The first-order chi connectivity index (χ1) is 10.6. The predicted octanol–water partition coefficient (Wildman–Crippen LogP) is 3.17. The number of carbonyl (C=O) groups is 2. The van der Waals surface area contributed by atoms with E-state index in [1.54, 1.807) is 12.1 Å². The van der Waals surface area contributed by atoms with Crippen molar-refractivity contribution in [2.75, 3.05) is 11.9 Å². The minimum absolute atomic E-state index is 0.0798. The van der Waals surface area contributed by atoms with E-state index >= 15 is 0 Å². The highest BCUT2D eigenvalue weighted by atomic mass is 32.1. The van der Waals surface area contributed by atoms with Crippen molar-refractivity contribution in [1.29, 1.82) is 0 Å². The Bertz CT molecular complexity index is 690. The molecular formula is C17H18N2O2S. The van der Waals surface area contributed by atoms with Gasteiger partial charge >= 0.3 is 0 Å². The van der Waals surface area contributed by atoms with E-state index in [1.165, 1.54) is 23.8 Å². The summed E-state index contributed by atoms with van der Waals surface area (Å²) in [5, 5.41) is 6.41. The quantitative estimate of drug-likeness (QED) is 0.890. The summed E-state index contributed by atoms with van der Waals surface area (Å²) in [6.07, 6.45) is 2.22. The van der Waals surface area contributed by atoms with Gasteiger partial charge in [-0.2, -0.15) is 0 Å². The summed E-state index contributed by atoms with van der Waals surface area (Å²) in [5.41, 5.74) is 1.40. The van der Waals surface area contributed by atoms with E-state index in [0.717, 1.165) is 12.8 Å². The van der Waals surface area contributed by atoms with Gasteiger partial charge in [-0.05, 0) is 30.5 Å². The van der Waals surface area contributed by atoms with E-state index in [4.69, 9.17) is 0 Å². The molecule has 1 aliphatic carbocycles. The highest BCUT2D eigenvalue weighted by molar-refractivity contribution is 7.18. The summed E-state index contributed by atoms with van der Waals surface area (Å²) < 4.78 is 0. The van der Waals surface area contributed by atoms with Crippen molar-refractivity contribution in [3.05, 3.63) is 52.9 Å². The molecule has 0 radical (unpaired) electrons. The normalized spacial score (nSPS) is 15.1. The number of rotatable bonds is 5. The highest BCUT2D eigenvalue weighted by Crippen LogP contribution is 2.47. The second-order valence-electron chi connectivity index (χ2n) is 5.67. The number of anilines is 1.